The van der Waals surface area contributed by atoms with Gasteiger partial charge in [-0.3, -0.25) is 0 Å². The highest BCUT2D eigenvalue weighted by Gasteiger charge is 2.37. The summed E-state index contributed by atoms with van der Waals surface area (Å²) in [5.41, 5.74) is 0. The SMILES string of the molecule is CCC(CO)C1(C)OC=CO1. The second-order valence-corrected chi connectivity index (χ2v) is 2.81. The zero-order valence-corrected chi connectivity index (χ0v) is 6.91. The Morgan fingerprint density at radius 3 is 2.36 bits per heavy atom. The molecule has 0 saturated heterocycles. The Hall–Kier alpha value is -0.700. The van der Waals surface area contributed by atoms with Gasteiger partial charge >= 0.3 is 0 Å². The molecule has 0 aliphatic carbocycles. The van der Waals surface area contributed by atoms with E-state index in [9.17, 15) is 0 Å². The zero-order valence-electron chi connectivity index (χ0n) is 6.91. The molecule has 0 saturated carbocycles. The second kappa shape index (κ2) is 3.13. The molecule has 0 amide bonds. The van der Waals surface area contributed by atoms with E-state index < -0.39 is 5.79 Å². The van der Waals surface area contributed by atoms with E-state index in [1.807, 2.05) is 13.8 Å². The minimum atomic E-state index is -0.649. The van der Waals surface area contributed by atoms with Gasteiger partial charge in [0.1, 0.15) is 12.5 Å². The van der Waals surface area contributed by atoms with Crippen molar-refractivity contribution in [2.75, 3.05) is 6.61 Å². The molecule has 0 fully saturated rings. The molecule has 0 bridgehead atoms. The highest BCUT2D eigenvalue weighted by Crippen LogP contribution is 2.29. The van der Waals surface area contributed by atoms with Crippen molar-refractivity contribution >= 4 is 0 Å². The molecule has 0 aromatic carbocycles. The van der Waals surface area contributed by atoms with Gasteiger partial charge in [0.25, 0.3) is 5.79 Å². The van der Waals surface area contributed by atoms with Crippen molar-refractivity contribution in [2.24, 2.45) is 5.92 Å². The molecule has 1 aliphatic heterocycles. The third-order valence-electron chi connectivity index (χ3n) is 2.11. The van der Waals surface area contributed by atoms with E-state index in [0.717, 1.165) is 6.42 Å². The van der Waals surface area contributed by atoms with Crippen LogP contribution in [0.15, 0.2) is 12.5 Å². The summed E-state index contributed by atoms with van der Waals surface area (Å²) in [5, 5.41) is 8.96. The first-order valence-electron chi connectivity index (χ1n) is 3.84. The summed E-state index contributed by atoms with van der Waals surface area (Å²) >= 11 is 0. The van der Waals surface area contributed by atoms with Crippen molar-refractivity contribution in [3.05, 3.63) is 12.5 Å². The van der Waals surface area contributed by atoms with Gasteiger partial charge in [-0.25, -0.2) is 0 Å². The normalized spacial score (nSPS) is 22.5. The second-order valence-electron chi connectivity index (χ2n) is 2.81. The van der Waals surface area contributed by atoms with Crippen molar-refractivity contribution in [2.45, 2.75) is 26.1 Å². The largest absolute Gasteiger partial charge is 0.457 e. The molecule has 1 N–H and O–H groups in total. The van der Waals surface area contributed by atoms with Crippen LogP contribution < -0.4 is 0 Å². The molecule has 64 valence electrons. The van der Waals surface area contributed by atoms with Crippen molar-refractivity contribution in [3.63, 3.8) is 0 Å². The van der Waals surface area contributed by atoms with Gasteiger partial charge in [-0.05, 0) is 6.42 Å². The fourth-order valence-electron chi connectivity index (χ4n) is 1.21. The molecular formula is C8H14O3. The molecular weight excluding hydrogens is 144 g/mol. The Kier molecular flexibility index (Phi) is 2.39. The maximum Gasteiger partial charge on any atom is 0.252 e. The minimum absolute atomic E-state index is 0.0394. The lowest BCUT2D eigenvalue weighted by molar-refractivity contribution is -0.176. The molecule has 1 unspecified atom stereocenters. The summed E-state index contributed by atoms with van der Waals surface area (Å²) in [6.07, 6.45) is 3.87. The van der Waals surface area contributed by atoms with E-state index in [0.29, 0.717) is 0 Å². The lowest BCUT2D eigenvalue weighted by Crippen LogP contribution is -2.37. The van der Waals surface area contributed by atoms with Crippen molar-refractivity contribution in [1.82, 2.24) is 0 Å². The minimum Gasteiger partial charge on any atom is -0.457 e. The Bertz CT molecular complexity index is 141. The maximum absolute atomic E-state index is 8.96. The molecule has 0 radical (unpaired) electrons. The van der Waals surface area contributed by atoms with Crippen LogP contribution in [0.3, 0.4) is 0 Å². The van der Waals surface area contributed by atoms with Crippen LogP contribution in [0.2, 0.25) is 0 Å². The number of hydrogen-bond donors (Lipinski definition) is 1. The topological polar surface area (TPSA) is 38.7 Å². The van der Waals surface area contributed by atoms with E-state index in [4.69, 9.17) is 14.6 Å². The van der Waals surface area contributed by atoms with Gasteiger partial charge < -0.3 is 14.6 Å². The molecule has 11 heavy (non-hydrogen) atoms. The first kappa shape index (κ1) is 8.40. The number of hydrogen-bond acceptors (Lipinski definition) is 3. The van der Waals surface area contributed by atoms with Gasteiger partial charge in [0.05, 0.1) is 12.5 Å². The molecule has 0 aromatic rings. The van der Waals surface area contributed by atoms with Gasteiger partial charge in [0, 0.05) is 6.92 Å². The Morgan fingerprint density at radius 1 is 1.45 bits per heavy atom. The highest BCUT2D eigenvalue weighted by atomic mass is 16.7. The molecule has 3 heteroatoms. The third kappa shape index (κ3) is 1.48. The first-order chi connectivity index (χ1) is 5.23. The summed E-state index contributed by atoms with van der Waals surface area (Å²) in [5.74, 6) is -0.610. The van der Waals surface area contributed by atoms with Crippen LogP contribution in [0.25, 0.3) is 0 Å². The van der Waals surface area contributed by atoms with E-state index in [1.54, 1.807) is 0 Å². The van der Waals surface area contributed by atoms with E-state index in [1.165, 1.54) is 12.5 Å². The Morgan fingerprint density at radius 2 is 2.00 bits per heavy atom. The van der Waals surface area contributed by atoms with Crippen LogP contribution in [-0.2, 0) is 9.47 Å². The molecule has 1 heterocycles. The summed E-state index contributed by atoms with van der Waals surface area (Å²) in [4.78, 5) is 0. The predicted octanol–water partition coefficient (Wildman–Crippen LogP) is 1.24. The van der Waals surface area contributed by atoms with Crippen LogP contribution in [0.1, 0.15) is 20.3 Å². The predicted molar refractivity (Wildman–Crippen MR) is 40.6 cm³/mol. The van der Waals surface area contributed by atoms with E-state index in [2.05, 4.69) is 0 Å². The highest BCUT2D eigenvalue weighted by molar-refractivity contribution is 4.85. The summed E-state index contributed by atoms with van der Waals surface area (Å²) in [6, 6.07) is 0. The van der Waals surface area contributed by atoms with Crippen LogP contribution in [-0.4, -0.2) is 17.5 Å². The fourth-order valence-corrected chi connectivity index (χ4v) is 1.21. The van der Waals surface area contributed by atoms with Crippen LogP contribution >= 0.6 is 0 Å². The maximum atomic E-state index is 8.96. The summed E-state index contributed by atoms with van der Waals surface area (Å²) < 4.78 is 10.4. The Labute approximate surface area is 66.6 Å². The van der Waals surface area contributed by atoms with Crippen LogP contribution in [0.4, 0.5) is 0 Å². The first-order valence-corrected chi connectivity index (χ1v) is 3.84. The average Bonchev–Trinajstić information content (AvgIpc) is 2.39. The van der Waals surface area contributed by atoms with Crippen molar-refractivity contribution in [1.29, 1.82) is 0 Å². The van der Waals surface area contributed by atoms with E-state index in [-0.39, 0.29) is 12.5 Å². The molecule has 3 nitrogen and oxygen atoms in total. The lowest BCUT2D eigenvalue weighted by Gasteiger charge is -2.29. The third-order valence-corrected chi connectivity index (χ3v) is 2.11. The molecule has 1 rings (SSSR count). The van der Waals surface area contributed by atoms with E-state index >= 15 is 0 Å². The molecule has 0 spiro atoms. The lowest BCUT2D eigenvalue weighted by atomic mass is 9.98. The van der Waals surface area contributed by atoms with Gasteiger partial charge in [-0.2, -0.15) is 0 Å². The average molecular weight is 158 g/mol. The molecule has 1 atom stereocenters. The summed E-state index contributed by atoms with van der Waals surface area (Å²) in [6.45, 7) is 3.92. The van der Waals surface area contributed by atoms with Gasteiger partial charge in [0.15, 0.2) is 0 Å². The fraction of sp³-hybridized carbons (Fsp3) is 0.750. The van der Waals surface area contributed by atoms with Crippen LogP contribution in [0.5, 0.6) is 0 Å². The van der Waals surface area contributed by atoms with Gasteiger partial charge in [0.2, 0.25) is 0 Å². The quantitative estimate of drug-likeness (QED) is 0.671. The molecule has 1 aliphatic rings. The Balaban J connectivity index is 2.55. The van der Waals surface area contributed by atoms with Crippen molar-refractivity contribution in [3.8, 4) is 0 Å². The number of aliphatic hydroxyl groups is 1. The number of aliphatic hydroxyl groups excluding tert-OH is 1. The zero-order chi connectivity index (χ0) is 8.32. The smallest absolute Gasteiger partial charge is 0.252 e. The van der Waals surface area contributed by atoms with Crippen molar-refractivity contribution < 1.29 is 14.6 Å². The summed E-state index contributed by atoms with van der Waals surface area (Å²) in [7, 11) is 0. The van der Waals surface area contributed by atoms with Crippen LogP contribution in [0, 0.1) is 5.92 Å². The van der Waals surface area contributed by atoms with Gasteiger partial charge in [-0.1, -0.05) is 6.92 Å². The standard InChI is InChI=1S/C8H14O3/c1-3-7(6-9)8(2)10-4-5-11-8/h4-5,7,9H,3,6H2,1-2H3. The number of ether oxygens (including phenoxy) is 2. The molecule has 0 aromatic heterocycles. The monoisotopic (exact) mass is 158 g/mol. The number of rotatable bonds is 3. The van der Waals surface area contributed by atoms with Gasteiger partial charge in [-0.15, -0.1) is 0 Å².